The average molecular weight is 298 g/mol. The van der Waals surface area contributed by atoms with E-state index in [1.165, 1.54) is 0 Å². The molecule has 1 atom stereocenters. The first kappa shape index (κ1) is 16.2. The monoisotopic (exact) mass is 298 g/mol. The van der Waals surface area contributed by atoms with E-state index < -0.39 is 11.4 Å². The van der Waals surface area contributed by atoms with Crippen molar-refractivity contribution in [3.63, 3.8) is 0 Å². The van der Waals surface area contributed by atoms with Crippen LogP contribution in [0.25, 0.3) is 0 Å². The molecular weight excluding hydrogens is 276 g/mol. The number of ether oxygens (including phenoxy) is 1. The zero-order valence-corrected chi connectivity index (χ0v) is 13.4. The summed E-state index contributed by atoms with van der Waals surface area (Å²) in [4.78, 5) is 25.9. The number of esters is 1. The third kappa shape index (κ3) is 2.41. The third-order valence-corrected chi connectivity index (χ3v) is 4.25. The summed E-state index contributed by atoms with van der Waals surface area (Å²) in [5, 5.41) is 0. The Morgan fingerprint density at radius 3 is 2.64 bits per heavy atom. The van der Waals surface area contributed by atoms with Crippen LogP contribution in [0.15, 0.2) is 48.1 Å². The molecule has 116 valence electrons. The van der Waals surface area contributed by atoms with Crippen LogP contribution in [0.3, 0.4) is 0 Å². The Kier molecular flexibility index (Phi) is 4.65. The van der Waals surface area contributed by atoms with Crippen LogP contribution in [-0.2, 0) is 16.0 Å². The Morgan fingerprint density at radius 2 is 2.05 bits per heavy atom. The fraction of sp³-hybridized carbons (Fsp3) is 0.368. The van der Waals surface area contributed by atoms with Gasteiger partial charge in [0.2, 0.25) is 0 Å². The smallest absolute Gasteiger partial charge is 0.324 e. The highest BCUT2D eigenvalue weighted by Gasteiger charge is 2.52. The maximum Gasteiger partial charge on any atom is 0.324 e. The summed E-state index contributed by atoms with van der Waals surface area (Å²) in [6.45, 7) is 9.61. The summed E-state index contributed by atoms with van der Waals surface area (Å²) >= 11 is 0. The third-order valence-electron chi connectivity index (χ3n) is 4.25. The maximum absolute atomic E-state index is 13.2. The van der Waals surface area contributed by atoms with Crippen LogP contribution < -0.4 is 0 Å². The minimum Gasteiger partial charge on any atom is -0.465 e. The molecule has 3 nitrogen and oxygen atoms in total. The van der Waals surface area contributed by atoms with E-state index in [1.807, 2.05) is 32.0 Å². The van der Waals surface area contributed by atoms with Gasteiger partial charge in [0.05, 0.1) is 6.61 Å². The highest BCUT2D eigenvalue weighted by molar-refractivity contribution is 6.17. The zero-order chi connectivity index (χ0) is 16.3. The van der Waals surface area contributed by atoms with Crippen LogP contribution in [0.2, 0.25) is 0 Å². The molecule has 3 heteroatoms. The SMILES string of the molecule is C=CC(=C(C)C)[C@]1(C(=O)OCC)CCc2ccccc2C1=O. The van der Waals surface area contributed by atoms with Gasteiger partial charge < -0.3 is 4.74 Å². The lowest BCUT2D eigenvalue weighted by atomic mass is 9.65. The zero-order valence-electron chi connectivity index (χ0n) is 13.4. The van der Waals surface area contributed by atoms with Gasteiger partial charge in [-0.25, -0.2) is 0 Å². The molecule has 0 heterocycles. The van der Waals surface area contributed by atoms with E-state index >= 15 is 0 Å². The molecule has 0 saturated heterocycles. The quantitative estimate of drug-likeness (QED) is 0.481. The lowest BCUT2D eigenvalue weighted by Gasteiger charge is -2.36. The Morgan fingerprint density at radius 1 is 1.36 bits per heavy atom. The van der Waals surface area contributed by atoms with Crippen molar-refractivity contribution in [3.05, 3.63) is 59.2 Å². The summed E-state index contributed by atoms with van der Waals surface area (Å²) < 4.78 is 5.26. The highest BCUT2D eigenvalue weighted by atomic mass is 16.5. The molecule has 1 aliphatic carbocycles. The molecule has 0 spiro atoms. The first-order valence-electron chi connectivity index (χ1n) is 7.59. The summed E-state index contributed by atoms with van der Waals surface area (Å²) in [5.74, 6) is -0.644. The lowest BCUT2D eigenvalue weighted by Crippen LogP contribution is -2.45. The molecule has 2 rings (SSSR count). The number of allylic oxidation sites excluding steroid dienone is 2. The van der Waals surface area contributed by atoms with E-state index in [-0.39, 0.29) is 12.4 Å². The second kappa shape index (κ2) is 6.30. The molecule has 0 aromatic heterocycles. The van der Waals surface area contributed by atoms with Gasteiger partial charge in [-0.05, 0) is 44.7 Å². The van der Waals surface area contributed by atoms with Crippen LogP contribution in [0.4, 0.5) is 0 Å². The number of carbonyl (C=O) groups excluding carboxylic acids is 2. The summed E-state index contributed by atoms with van der Waals surface area (Å²) in [6, 6.07) is 7.47. The first-order valence-corrected chi connectivity index (χ1v) is 7.59. The fourth-order valence-electron chi connectivity index (χ4n) is 3.25. The van der Waals surface area contributed by atoms with Crippen molar-refractivity contribution in [3.8, 4) is 0 Å². The Hall–Kier alpha value is -2.16. The Bertz CT molecular complexity index is 650. The van der Waals surface area contributed by atoms with Crippen LogP contribution in [0, 0.1) is 5.41 Å². The number of hydrogen-bond donors (Lipinski definition) is 0. The number of Topliss-reactive ketones (excluding diaryl/α,β-unsaturated/α-hetero) is 1. The van der Waals surface area contributed by atoms with E-state index in [1.54, 1.807) is 19.1 Å². The van der Waals surface area contributed by atoms with E-state index in [2.05, 4.69) is 6.58 Å². The molecule has 1 aromatic carbocycles. The maximum atomic E-state index is 13.2. The summed E-state index contributed by atoms with van der Waals surface area (Å²) in [6.07, 6.45) is 2.72. The van der Waals surface area contributed by atoms with E-state index in [0.29, 0.717) is 24.0 Å². The van der Waals surface area contributed by atoms with Crippen molar-refractivity contribution in [2.75, 3.05) is 6.61 Å². The first-order chi connectivity index (χ1) is 10.5. The molecule has 0 unspecified atom stereocenters. The number of benzene rings is 1. The van der Waals surface area contributed by atoms with Crippen molar-refractivity contribution in [1.82, 2.24) is 0 Å². The molecule has 22 heavy (non-hydrogen) atoms. The largest absolute Gasteiger partial charge is 0.465 e. The summed E-state index contributed by atoms with van der Waals surface area (Å²) in [7, 11) is 0. The van der Waals surface area contributed by atoms with E-state index in [0.717, 1.165) is 11.1 Å². The van der Waals surface area contributed by atoms with Gasteiger partial charge in [-0.3, -0.25) is 9.59 Å². The van der Waals surface area contributed by atoms with Crippen molar-refractivity contribution in [2.45, 2.75) is 33.6 Å². The standard InChI is InChI=1S/C19H22O3/c1-5-16(13(3)4)19(18(21)22-6-2)12-11-14-9-7-8-10-15(14)17(19)20/h5,7-10H,1,6,11-12H2,2-4H3/t19-/m1/s1. The molecule has 1 aromatic rings. The number of ketones is 1. The molecule has 0 amide bonds. The molecule has 0 bridgehead atoms. The predicted octanol–water partition coefficient (Wildman–Crippen LogP) is 3.89. The highest BCUT2D eigenvalue weighted by Crippen LogP contribution is 2.44. The number of rotatable bonds is 4. The van der Waals surface area contributed by atoms with E-state index in [4.69, 9.17) is 4.74 Å². The Labute approximate surface area is 131 Å². The molecule has 1 aliphatic rings. The van der Waals surface area contributed by atoms with Crippen LogP contribution in [0.1, 0.15) is 43.1 Å². The van der Waals surface area contributed by atoms with Gasteiger partial charge in [0, 0.05) is 5.56 Å². The fourth-order valence-corrected chi connectivity index (χ4v) is 3.25. The normalized spacial score (nSPS) is 20.0. The van der Waals surface area contributed by atoms with Crippen molar-refractivity contribution < 1.29 is 14.3 Å². The van der Waals surface area contributed by atoms with Gasteiger partial charge in [-0.2, -0.15) is 0 Å². The number of aryl methyl sites for hydroxylation is 1. The number of carbonyl (C=O) groups is 2. The van der Waals surface area contributed by atoms with Crippen molar-refractivity contribution in [2.24, 2.45) is 5.41 Å². The molecule has 0 N–H and O–H groups in total. The van der Waals surface area contributed by atoms with Crippen molar-refractivity contribution >= 4 is 11.8 Å². The van der Waals surface area contributed by atoms with E-state index in [9.17, 15) is 9.59 Å². The molecule has 0 fully saturated rings. The average Bonchev–Trinajstić information content (AvgIpc) is 2.50. The van der Waals surface area contributed by atoms with Gasteiger partial charge in [0.25, 0.3) is 0 Å². The molecule has 0 saturated carbocycles. The van der Waals surface area contributed by atoms with Gasteiger partial charge in [-0.1, -0.05) is 42.5 Å². The second-order valence-corrected chi connectivity index (χ2v) is 5.73. The second-order valence-electron chi connectivity index (χ2n) is 5.73. The minimum atomic E-state index is -1.26. The summed E-state index contributed by atoms with van der Waals surface area (Å²) in [5.41, 5.74) is 1.93. The molecule has 0 aliphatic heterocycles. The molecule has 0 radical (unpaired) electrons. The topological polar surface area (TPSA) is 43.4 Å². The van der Waals surface area contributed by atoms with Crippen LogP contribution in [0.5, 0.6) is 0 Å². The number of hydrogen-bond acceptors (Lipinski definition) is 3. The predicted molar refractivity (Wildman–Crippen MR) is 86.7 cm³/mol. The van der Waals surface area contributed by atoms with Gasteiger partial charge >= 0.3 is 5.97 Å². The van der Waals surface area contributed by atoms with Gasteiger partial charge in [0.15, 0.2) is 11.2 Å². The number of fused-ring (bicyclic) bond motifs is 1. The lowest BCUT2D eigenvalue weighted by molar-refractivity contribution is -0.150. The minimum absolute atomic E-state index is 0.177. The van der Waals surface area contributed by atoms with Crippen LogP contribution >= 0.6 is 0 Å². The van der Waals surface area contributed by atoms with Crippen LogP contribution in [-0.4, -0.2) is 18.4 Å². The Balaban J connectivity index is 2.67. The molecular formula is C19H22O3. The van der Waals surface area contributed by atoms with Gasteiger partial charge in [-0.15, -0.1) is 0 Å². The van der Waals surface area contributed by atoms with Gasteiger partial charge in [0.1, 0.15) is 0 Å². The van der Waals surface area contributed by atoms with Crippen molar-refractivity contribution in [1.29, 1.82) is 0 Å².